The maximum atomic E-state index is 5.94. The molecule has 1 saturated heterocycles. The number of aryl methyl sites for hydroxylation is 1. The van der Waals surface area contributed by atoms with Crippen LogP contribution < -0.4 is 15.5 Å². The molecule has 5 nitrogen and oxygen atoms in total. The highest BCUT2D eigenvalue weighted by Crippen LogP contribution is 2.23. The molecule has 1 aromatic carbocycles. The fourth-order valence-corrected chi connectivity index (χ4v) is 2.55. The largest absolute Gasteiger partial charge is 0.382 e. The SMILES string of the molecule is Cc1nc(N2CCN(c3ccccc3)CC2)c(N)[nH]1. The van der Waals surface area contributed by atoms with Crippen molar-refractivity contribution in [3.8, 4) is 0 Å². The summed E-state index contributed by atoms with van der Waals surface area (Å²) in [5.41, 5.74) is 7.23. The fourth-order valence-electron chi connectivity index (χ4n) is 2.55. The summed E-state index contributed by atoms with van der Waals surface area (Å²) in [5, 5.41) is 0. The third kappa shape index (κ3) is 2.36. The number of aromatic amines is 1. The van der Waals surface area contributed by atoms with E-state index in [9.17, 15) is 0 Å². The van der Waals surface area contributed by atoms with Crippen molar-refractivity contribution in [3.63, 3.8) is 0 Å². The van der Waals surface area contributed by atoms with Gasteiger partial charge >= 0.3 is 0 Å². The number of aromatic nitrogens is 2. The normalized spacial score (nSPS) is 15.8. The van der Waals surface area contributed by atoms with Crippen LogP contribution in [-0.2, 0) is 0 Å². The van der Waals surface area contributed by atoms with Gasteiger partial charge in [0.1, 0.15) is 11.6 Å². The van der Waals surface area contributed by atoms with Gasteiger partial charge in [-0.25, -0.2) is 4.98 Å². The number of imidazole rings is 1. The summed E-state index contributed by atoms with van der Waals surface area (Å²) in [4.78, 5) is 12.2. The number of nitrogens with zero attached hydrogens (tertiary/aromatic N) is 3. The van der Waals surface area contributed by atoms with Crippen LogP contribution in [0, 0.1) is 6.92 Å². The minimum absolute atomic E-state index is 0.672. The molecule has 2 aromatic rings. The molecular formula is C14H19N5. The summed E-state index contributed by atoms with van der Waals surface area (Å²) in [7, 11) is 0. The summed E-state index contributed by atoms with van der Waals surface area (Å²) in [6, 6.07) is 10.5. The molecule has 0 amide bonds. The van der Waals surface area contributed by atoms with Crippen LogP contribution in [0.25, 0.3) is 0 Å². The van der Waals surface area contributed by atoms with Gasteiger partial charge in [-0.2, -0.15) is 0 Å². The van der Waals surface area contributed by atoms with Crippen molar-refractivity contribution in [2.75, 3.05) is 41.7 Å². The minimum atomic E-state index is 0.672. The van der Waals surface area contributed by atoms with Crippen LogP contribution in [0.15, 0.2) is 30.3 Å². The van der Waals surface area contributed by atoms with Crippen molar-refractivity contribution in [2.24, 2.45) is 0 Å². The van der Waals surface area contributed by atoms with Gasteiger partial charge in [0.2, 0.25) is 0 Å². The molecule has 0 aliphatic carbocycles. The van der Waals surface area contributed by atoms with Crippen molar-refractivity contribution < 1.29 is 0 Å². The standard InChI is InChI=1S/C14H19N5/c1-11-16-13(15)14(17-11)19-9-7-18(8-10-19)12-5-3-2-4-6-12/h2-6H,7-10,15H2,1H3,(H,16,17). The van der Waals surface area contributed by atoms with Gasteiger partial charge in [-0.15, -0.1) is 0 Å². The third-order valence-electron chi connectivity index (χ3n) is 3.53. The second kappa shape index (κ2) is 4.84. The summed E-state index contributed by atoms with van der Waals surface area (Å²) in [6.07, 6.45) is 0. The molecule has 0 bridgehead atoms. The highest BCUT2D eigenvalue weighted by molar-refractivity contribution is 5.60. The van der Waals surface area contributed by atoms with Crippen molar-refractivity contribution >= 4 is 17.3 Å². The van der Waals surface area contributed by atoms with Crippen molar-refractivity contribution in [3.05, 3.63) is 36.2 Å². The van der Waals surface area contributed by atoms with Gasteiger partial charge in [-0.3, -0.25) is 0 Å². The van der Waals surface area contributed by atoms with Crippen molar-refractivity contribution in [1.82, 2.24) is 9.97 Å². The lowest BCUT2D eigenvalue weighted by atomic mass is 10.2. The third-order valence-corrected chi connectivity index (χ3v) is 3.53. The molecule has 0 atom stereocenters. The van der Waals surface area contributed by atoms with E-state index in [0.717, 1.165) is 37.8 Å². The highest BCUT2D eigenvalue weighted by atomic mass is 15.3. The number of nitrogens with two attached hydrogens (primary N) is 1. The molecule has 0 spiro atoms. The predicted octanol–water partition coefficient (Wildman–Crippen LogP) is 1.63. The Morgan fingerprint density at radius 3 is 2.26 bits per heavy atom. The second-order valence-corrected chi connectivity index (χ2v) is 4.87. The van der Waals surface area contributed by atoms with Crippen LogP contribution in [0.5, 0.6) is 0 Å². The average Bonchev–Trinajstić information content (AvgIpc) is 2.79. The Morgan fingerprint density at radius 1 is 1.05 bits per heavy atom. The predicted molar refractivity (Wildman–Crippen MR) is 78.6 cm³/mol. The number of hydrogen-bond acceptors (Lipinski definition) is 4. The maximum absolute atomic E-state index is 5.94. The molecule has 3 N–H and O–H groups in total. The molecular weight excluding hydrogens is 238 g/mol. The highest BCUT2D eigenvalue weighted by Gasteiger charge is 2.20. The van der Waals surface area contributed by atoms with Gasteiger partial charge in [0.15, 0.2) is 5.82 Å². The molecule has 1 aliphatic rings. The van der Waals surface area contributed by atoms with Gasteiger partial charge in [0.25, 0.3) is 0 Å². The van der Waals surface area contributed by atoms with Crippen LogP contribution in [0.1, 0.15) is 5.82 Å². The molecule has 5 heteroatoms. The molecule has 1 aliphatic heterocycles. The van der Waals surface area contributed by atoms with E-state index in [2.05, 4.69) is 44.0 Å². The van der Waals surface area contributed by atoms with E-state index in [0.29, 0.717) is 5.82 Å². The summed E-state index contributed by atoms with van der Waals surface area (Å²) in [5.74, 6) is 2.44. The van der Waals surface area contributed by atoms with Crippen LogP contribution in [0.4, 0.5) is 17.3 Å². The van der Waals surface area contributed by atoms with E-state index in [-0.39, 0.29) is 0 Å². The topological polar surface area (TPSA) is 61.2 Å². The monoisotopic (exact) mass is 257 g/mol. The van der Waals surface area contributed by atoms with Gasteiger partial charge in [-0.05, 0) is 19.1 Å². The first-order valence-electron chi connectivity index (χ1n) is 6.61. The maximum Gasteiger partial charge on any atom is 0.171 e. The van der Waals surface area contributed by atoms with E-state index in [4.69, 9.17) is 5.73 Å². The summed E-state index contributed by atoms with van der Waals surface area (Å²) in [6.45, 7) is 5.82. The van der Waals surface area contributed by atoms with Crippen LogP contribution in [-0.4, -0.2) is 36.1 Å². The number of H-pyrrole nitrogens is 1. The number of nitrogens with one attached hydrogen (secondary N) is 1. The number of rotatable bonds is 2. The van der Waals surface area contributed by atoms with E-state index >= 15 is 0 Å². The van der Waals surface area contributed by atoms with Crippen LogP contribution >= 0.6 is 0 Å². The molecule has 3 rings (SSSR count). The zero-order valence-corrected chi connectivity index (χ0v) is 11.1. The Kier molecular flexibility index (Phi) is 3.03. The first kappa shape index (κ1) is 11.9. The molecule has 0 unspecified atom stereocenters. The van der Waals surface area contributed by atoms with Gasteiger partial charge in [-0.1, -0.05) is 18.2 Å². The average molecular weight is 257 g/mol. The van der Waals surface area contributed by atoms with E-state index in [1.54, 1.807) is 0 Å². The van der Waals surface area contributed by atoms with E-state index < -0.39 is 0 Å². The van der Waals surface area contributed by atoms with Crippen LogP contribution in [0.2, 0.25) is 0 Å². The Bertz CT molecular complexity index is 540. The molecule has 0 radical (unpaired) electrons. The number of para-hydroxylation sites is 1. The lowest BCUT2D eigenvalue weighted by Gasteiger charge is -2.36. The van der Waals surface area contributed by atoms with Crippen molar-refractivity contribution in [2.45, 2.75) is 6.92 Å². The number of anilines is 3. The van der Waals surface area contributed by atoms with Gasteiger partial charge in [0, 0.05) is 31.9 Å². The molecule has 1 fully saturated rings. The Hall–Kier alpha value is -2.17. The lowest BCUT2D eigenvalue weighted by Crippen LogP contribution is -2.46. The summed E-state index contributed by atoms with van der Waals surface area (Å²) >= 11 is 0. The van der Waals surface area contributed by atoms with Crippen molar-refractivity contribution in [1.29, 1.82) is 0 Å². The molecule has 19 heavy (non-hydrogen) atoms. The van der Waals surface area contributed by atoms with E-state index in [1.165, 1.54) is 5.69 Å². The zero-order chi connectivity index (χ0) is 13.2. The number of nitrogen functional groups attached to an aromatic ring is 1. The fraction of sp³-hybridized carbons (Fsp3) is 0.357. The quantitative estimate of drug-likeness (QED) is 0.858. The Labute approximate surface area is 113 Å². The lowest BCUT2D eigenvalue weighted by molar-refractivity contribution is 0.649. The minimum Gasteiger partial charge on any atom is -0.382 e. The molecule has 0 saturated carbocycles. The number of piperazine rings is 1. The Balaban J connectivity index is 1.68. The van der Waals surface area contributed by atoms with E-state index in [1.807, 2.05) is 13.0 Å². The molecule has 100 valence electrons. The molecule has 1 aromatic heterocycles. The number of benzene rings is 1. The first-order chi connectivity index (χ1) is 9.24. The van der Waals surface area contributed by atoms with Gasteiger partial charge in [0.05, 0.1) is 0 Å². The first-order valence-corrected chi connectivity index (χ1v) is 6.61. The van der Waals surface area contributed by atoms with Gasteiger partial charge < -0.3 is 20.5 Å². The zero-order valence-electron chi connectivity index (χ0n) is 11.1. The summed E-state index contributed by atoms with van der Waals surface area (Å²) < 4.78 is 0. The second-order valence-electron chi connectivity index (χ2n) is 4.87. The van der Waals surface area contributed by atoms with Crippen LogP contribution in [0.3, 0.4) is 0 Å². The Morgan fingerprint density at radius 2 is 1.68 bits per heavy atom. The smallest absolute Gasteiger partial charge is 0.171 e. The molecule has 2 heterocycles. The number of hydrogen-bond donors (Lipinski definition) is 2.